The number of hydrogen-bond donors (Lipinski definition) is 1. The second-order valence-electron chi connectivity index (χ2n) is 6.75. The molecule has 0 atom stereocenters. The van der Waals surface area contributed by atoms with Crippen molar-refractivity contribution < 1.29 is 4.79 Å². The van der Waals surface area contributed by atoms with Crippen LogP contribution in [0.15, 0.2) is 42.6 Å². The second-order valence-corrected chi connectivity index (χ2v) is 6.75. The topological polar surface area (TPSA) is 48.5 Å². The number of likely N-dealkylation sites (tertiary alicyclic amines) is 1. The van der Waals surface area contributed by atoms with Gasteiger partial charge in [-0.1, -0.05) is 12.1 Å². The zero-order valence-corrected chi connectivity index (χ0v) is 15.2. The zero-order chi connectivity index (χ0) is 17.8. The predicted molar refractivity (Wildman–Crippen MR) is 102 cm³/mol. The lowest BCUT2D eigenvalue weighted by Crippen LogP contribution is -2.47. The van der Waals surface area contributed by atoms with Crippen LogP contribution < -0.4 is 10.2 Å². The van der Waals surface area contributed by atoms with Crippen LogP contribution in [0, 0.1) is 13.8 Å². The molecule has 3 rings (SSSR count). The summed E-state index contributed by atoms with van der Waals surface area (Å²) >= 11 is 0. The van der Waals surface area contributed by atoms with E-state index < -0.39 is 0 Å². The molecule has 2 aromatic rings. The molecule has 0 saturated carbocycles. The Labute approximate surface area is 149 Å². The monoisotopic (exact) mass is 338 g/mol. The Morgan fingerprint density at radius 3 is 2.56 bits per heavy atom. The lowest BCUT2D eigenvalue weighted by atomic mass is 10.0. The number of aromatic nitrogens is 1. The molecule has 1 aliphatic rings. The molecule has 1 aromatic carbocycles. The van der Waals surface area contributed by atoms with Gasteiger partial charge < -0.3 is 15.1 Å². The van der Waals surface area contributed by atoms with E-state index in [1.54, 1.807) is 0 Å². The van der Waals surface area contributed by atoms with E-state index in [9.17, 15) is 4.79 Å². The molecule has 0 unspecified atom stereocenters. The highest BCUT2D eigenvalue weighted by atomic mass is 16.2. The number of pyridine rings is 1. The maximum Gasteiger partial charge on any atom is 0.321 e. The molecular weight excluding hydrogens is 312 g/mol. The van der Waals surface area contributed by atoms with Crippen LogP contribution in [0.4, 0.5) is 16.3 Å². The van der Waals surface area contributed by atoms with Crippen LogP contribution in [0.2, 0.25) is 0 Å². The van der Waals surface area contributed by atoms with Gasteiger partial charge in [-0.15, -0.1) is 0 Å². The van der Waals surface area contributed by atoms with Crippen LogP contribution in [-0.4, -0.2) is 42.1 Å². The lowest BCUT2D eigenvalue weighted by molar-refractivity contribution is 0.194. The molecule has 2 heterocycles. The van der Waals surface area contributed by atoms with Crippen LogP contribution >= 0.6 is 0 Å². The Kier molecular flexibility index (Phi) is 5.22. The van der Waals surface area contributed by atoms with E-state index in [1.165, 1.54) is 11.1 Å². The van der Waals surface area contributed by atoms with Gasteiger partial charge in [-0.25, -0.2) is 9.78 Å². The standard InChI is InChI=1S/C20H26N4O/c1-15-7-8-17(14-16(15)2)22-20(25)24-12-9-18(10-13-24)23(3)19-6-4-5-11-21-19/h4-8,11,14,18H,9-10,12-13H2,1-3H3,(H,22,25). The van der Waals surface area contributed by atoms with E-state index in [2.05, 4.69) is 36.1 Å². The van der Waals surface area contributed by atoms with Gasteiger partial charge in [0, 0.05) is 38.1 Å². The first-order valence-corrected chi connectivity index (χ1v) is 8.81. The largest absolute Gasteiger partial charge is 0.357 e. The SMILES string of the molecule is Cc1ccc(NC(=O)N2CCC(N(C)c3ccccn3)CC2)cc1C. The van der Waals surface area contributed by atoms with Crippen LogP contribution in [0.25, 0.3) is 0 Å². The number of anilines is 2. The van der Waals surface area contributed by atoms with E-state index in [0.29, 0.717) is 6.04 Å². The van der Waals surface area contributed by atoms with Gasteiger partial charge >= 0.3 is 6.03 Å². The molecule has 0 bridgehead atoms. The zero-order valence-electron chi connectivity index (χ0n) is 15.2. The minimum absolute atomic E-state index is 0.0119. The summed E-state index contributed by atoms with van der Waals surface area (Å²) in [4.78, 5) is 21.0. The summed E-state index contributed by atoms with van der Waals surface area (Å²) in [6, 6.07) is 12.4. The molecular formula is C20H26N4O. The Hall–Kier alpha value is -2.56. The van der Waals surface area contributed by atoms with Gasteiger partial charge in [0.05, 0.1) is 0 Å². The van der Waals surface area contributed by atoms with Gasteiger partial charge in [-0.05, 0) is 62.1 Å². The number of carbonyl (C=O) groups excluding carboxylic acids is 1. The van der Waals surface area contributed by atoms with E-state index in [0.717, 1.165) is 37.4 Å². The molecule has 1 saturated heterocycles. The quantitative estimate of drug-likeness (QED) is 0.925. The number of piperidine rings is 1. The Balaban J connectivity index is 1.54. The highest BCUT2D eigenvalue weighted by Crippen LogP contribution is 2.21. The first-order chi connectivity index (χ1) is 12.0. The highest BCUT2D eigenvalue weighted by Gasteiger charge is 2.25. The molecule has 0 radical (unpaired) electrons. The summed E-state index contributed by atoms with van der Waals surface area (Å²) in [6.07, 6.45) is 3.72. The van der Waals surface area contributed by atoms with Crippen molar-refractivity contribution in [2.24, 2.45) is 0 Å². The molecule has 5 nitrogen and oxygen atoms in total. The maximum absolute atomic E-state index is 12.5. The maximum atomic E-state index is 12.5. The smallest absolute Gasteiger partial charge is 0.321 e. The van der Waals surface area contributed by atoms with Gasteiger partial charge in [0.15, 0.2) is 0 Å². The summed E-state index contributed by atoms with van der Waals surface area (Å²) in [5.74, 6) is 0.987. The molecule has 1 fully saturated rings. The third-order valence-electron chi connectivity index (χ3n) is 5.07. The number of nitrogens with one attached hydrogen (secondary N) is 1. The van der Waals surface area contributed by atoms with Crippen LogP contribution in [0.3, 0.4) is 0 Å². The van der Waals surface area contributed by atoms with Crippen LogP contribution in [-0.2, 0) is 0 Å². The highest BCUT2D eigenvalue weighted by molar-refractivity contribution is 5.89. The first kappa shape index (κ1) is 17.3. The molecule has 1 N–H and O–H groups in total. The predicted octanol–water partition coefficient (Wildman–Crippen LogP) is 3.83. The summed E-state index contributed by atoms with van der Waals surface area (Å²) in [5, 5.41) is 3.02. The number of carbonyl (C=O) groups is 1. The number of benzene rings is 1. The number of amides is 2. The van der Waals surface area contributed by atoms with Crippen molar-refractivity contribution in [3.05, 3.63) is 53.7 Å². The number of rotatable bonds is 3. The van der Waals surface area contributed by atoms with Gasteiger partial charge in [0.1, 0.15) is 5.82 Å². The summed E-state index contributed by atoms with van der Waals surface area (Å²) < 4.78 is 0. The van der Waals surface area contributed by atoms with Gasteiger partial charge in [0.2, 0.25) is 0 Å². The molecule has 5 heteroatoms. The summed E-state index contributed by atoms with van der Waals surface area (Å²) in [5.41, 5.74) is 3.28. The van der Waals surface area contributed by atoms with E-state index >= 15 is 0 Å². The third-order valence-corrected chi connectivity index (χ3v) is 5.07. The fourth-order valence-corrected chi connectivity index (χ4v) is 3.23. The third kappa shape index (κ3) is 4.10. The van der Waals surface area contributed by atoms with Crippen molar-refractivity contribution >= 4 is 17.5 Å². The number of hydrogen-bond acceptors (Lipinski definition) is 3. The fraction of sp³-hybridized carbons (Fsp3) is 0.400. The van der Waals surface area contributed by atoms with Crippen molar-refractivity contribution in [1.29, 1.82) is 0 Å². The van der Waals surface area contributed by atoms with Gasteiger partial charge in [-0.2, -0.15) is 0 Å². The van der Waals surface area contributed by atoms with Crippen LogP contribution in [0.5, 0.6) is 0 Å². The van der Waals surface area contributed by atoms with Gasteiger partial charge in [0.25, 0.3) is 0 Å². The van der Waals surface area contributed by atoms with Crippen molar-refractivity contribution in [1.82, 2.24) is 9.88 Å². The molecule has 0 aliphatic carbocycles. The van der Waals surface area contributed by atoms with E-state index in [4.69, 9.17) is 0 Å². The van der Waals surface area contributed by atoms with E-state index in [1.807, 2.05) is 47.5 Å². The summed E-state index contributed by atoms with van der Waals surface area (Å²) in [6.45, 7) is 5.66. The van der Waals surface area contributed by atoms with Crippen molar-refractivity contribution in [3.8, 4) is 0 Å². The molecule has 2 amide bonds. The second kappa shape index (κ2) is 7.55. The number of nitrogens with zero attached hydrogens (tertiary/aromatic N) is 3. The van der Waals surface area contributed by atoms with Crippen molar-refractivity contribution in [2.45, 2.75) is 32.7 Å². The van der Waals surface area contributed by atoms with E-state index in [-0.39, 0.29) is 6.03 Å². The van der Waals surface area contributed by atoms with Gasteiger partial charge in [-0.3, -0.25) is 0 Å². The Morgan fingerprint density at radius 1 is 1.16 bits per heavy atom. The molecule has 0 spiro atoms. The fourth-order valence-electron chi connectivity index (χ4n) is 3.23. The van der Waals surface area contributed by atoms with Crippen molar-refractivity contribution in [3.63, 3.8) is 0 Å². The minimum atomic E-state index is -0.0119. The van der Waals surface area contributed by atoms with Crippen molar-refractivity contribution in [2.75, 3.05) is 30.4 Å². The molecule has 1 aromatic heterocycles. The van der Waals surface area contributed by atoms with Crippen LogP contribution in [0.1, 0.15) is 24.0 Å². The molecule has 25 heavy (non-hydrogen) atoms. The minimum Gasteiger partial charge on any atom is -0.357 e. The first-order valence-electron chi connectivity index (χ1n) is 8.81. The average Bonchev–Trinajstić information content (AvgIpc) is 2.65. The summed E-state index contributed by atoms with van der Waals surface area (Å²) in [7, 11) is 2.08. The average molecular weight is 338 g/mol. The number of aryl methyl sites for hydroxylation is 2. The number of urea groups is 1. The normalized spacial score (nSPS) is 15.1. The lowest BCUT2D eigenvalue weighted by Gasteiger charge is -2.37. The molecule has 132 valence electrons. The molecule has 1 aliphatic heterocycles. The Bertz CT molecular complexity index is 724. The Morgan fingerprint density at radius 2 is 1.92 bits per heavy atom.